The van der Waals surface area contributed by atoms with Crippen molar-refractivity contribution in [1.29, 1.82) is 0 Å². The lowest BCUT2D eigenvalue weighted by Crippen LogP contribution is -2.08. The maximum Gasteiger partial charge on any atom is 0.171 e. The van der Waals surface area contributed by atoms with Gasteiger partial charge in [0.25, 0.3) is 0 Å². The number of ketones is 2. The zero-order valence-electron chi connectivity index (χ0n) is 9.63. The molecule has 0 amide bonds. The van der Waals surface area contributed by atoms with E-state index < -0.39 is 0 Å². The van der Waals surface area contributed by atoms with Crippen molar-refractivity contribution in [2.24, 2.45) is 0 Å². The molecule has 2 nitrogen and oxygen atoms in total. The summed E-state index contributed by atoms with van der Waals surface area (Å²) in [5.74, 6) is -0.108. The Bertz CT molecular complexity index is 427. The summed E-state index contributed by atoms with van der Waals surface area (Å²) >= 11 is 6.68. The fraction of sp³-hybridized carbons (Fsp3) is 0.385. The highest BCUT2D eigenvalue weighted by atomic mass is 79.9. The summed E-state index contributed by atoms with van der Waals surface area (Å²) in [6.45, 7) is 2.03. The van der Waals surface area contributed by atoms with Crippen LogP contribution in [0.15, 0.2) is 27.1 Å². The van der Waals surface area contributed by atoms with Crippen LogP contribution in [0.5, 0.6) is 0 Å². The summed E-state index contributed by atoms with van der Waals surface area (Å²) in [6, 6.07) is 5.36. The van der Waals surface area contributed by atoms with Gasteiger partial charge in [0.2, 0.25) is 0 Å². The average Bonchev–Trinajstić information content (AvgIpc) is 2.29. The first-order valence-corrected chi connectivity index (χ1v) is 7.13. The standard InChI is InChI=1S/C13H14Br2O2/c1-2-3-5-9(16)8-12(17)10-6-4-7-11(14)13(10)15/h4,6-7H,2-3,5,8H2,1H3. The fourth-order valence-electron chi connectivity index (χ4n) is 1.46. The second-order valence-corrected chi connectivity index (χ2v) is 5.49. The molecule has 0 heterocycles. The molecule has 1 aromatic rings. The van der Waals surface area contributed by atoms with Crippen molar-refractivity contribution in [3.05, 3.63) is 32.7 Å². The number of benzene rings is 1. The maximum absolute atomic E-state index is 11.9. The van der Waals surface area contributed by atoms with Crippen LogP contribution in [0.4, 0.5) is 0 Å². The van der Waals surface area contributed by atoms with Crippen LogP contribution in [-0.2, 0) is 4.79 Å². The minimum Gasteiger partial charge on any atom is -0.299 e. The molecule has 0 N–H and O–H groups in total. The van der Waals surface area contributed by atoms with Gasteiger partial charge in [-0.05, 0) is 44.3 Å². The third-order valence-electron chi connectivity index (χ3n) is 2.42. The smallest absolute Gasteiger partial charge is 0.171 e. The second kappa shape index (κ2) is 7.07. The van der Waals surface area contributed by atoms with E-state index in [0.717, 1.165) is 17.3 Å². The summed E-state index contributed by atoms with van der Waals surface area (Å²) in [6.07, 6.45) is 2.31. The van der Waals surface area contributed by atoms with E-state index in [2.05, 4.69) is 31.9 Å². The minimum atomic E-state index is -0.126. The van der Waals surface area contributed by atoms with Crippen LogP contribution in [0, 0.1) is 0 Å². The molecule has 0 atom stereocenters. The number of hydrogen-bond donors (Lipinski definition) is 0. The molecule has 17 heavy (non-hydrogen) atoms. The van der Waals surface area contributed by atoms with Gasteiger partial charge in [-0.1, -0.05) is 25.5 Å². The number of halogens is 2. The Hall–Kier alpha value is -0.480. The van der Waals surface area contributed by atoms with E-state index >= 15 is 0 Å². The summed E-state index contributed by atoms with van der Waals surface area (Å²) < 4.78 is 1.54. The van der Waals surface area contributed by atoms with E-state index in [-0.39, 0.29) is 18.0 Å². The van der Waals surface area contributed by atoms with Crippen molar-refractivity contribution in [2.75, 3.05) is 0 Å². The molecule has 0 radical (unpaired) electrons. The molecule has 1 aromatic carbocycles. The topological polar surface area (TPSA) is 34.1 Å². The van der Waals surface area contributed by atoms with Crippen LogP contribution >= 0.6 is 31.9 Å². The Morgan fingerprint density at radius 2 is 1.94 bits per heavy atom. The summed E-state index contributed by atoms with van der Waals surface area (Å²) in [4.78, 5) is 23.5. The van der Waals surface area contributed by atoms with E-state index in [1.165, 1.54) is 0 Å². The molecule has 0 spiro atoms. The van der Waals surface area contributed by atoms with Crippen LogP contribution in [0.3, 0.4) is 0 Å². The number of unbranched alkanes of at least 4 members (excludes halogenated alkanes) is 1. The summed E-state index contributed by atoms with van der Waals surface area (Å²) in [7, 11) is 0. The van der Waals surface area contributed by atoms with Crippen molar-refractivity contribution in [3.63, 3.8) is 0 Å². The molecule has 0 aliphatic rings. The third-order valence-corrected chi connectivity index (χ3v) is 4.47. The van der Waals surface area contributed by atoms with Crippen LogP contribution in [0.25, 0.3) is 0 Å². The third kappa shape index (κ3) is 4.36. The molecular weight excluding hydrogens is 348 g/mol. The molecule has 0 aromatic heterocycles. The van der Waals surface area contributed by atoms with Gasteiger partial charge in [-0.2, -0.15) is 0 Å². The zero-order valence-corrected chi connectivity index (χ0v) is 12.8. The van der Waals surface area contributed by atoms with Gasteiger partial charge in [0.15, 0.2) is 5.78 Å². The number of carbonyl (C=O) groups is 2. The SMILES string of the molecule is CCCCC(=O)CC(=O)c1cccc(Br)c1Br. The van der Waals surface area contributed by atoms with Crippen molar-refractivity contribution >= 4 is 43.4 Å². The van der Waals surface area contributed by atoms with Crippen LogP contribution in [0.2, 0.25) is 0 Å². The van der Waals surface area contributed by atoms with E-state index in [0.29, 0.717) is 16.5 Å². The molecule has 0 bridgehead atoms. The predicted molar refractivity (Wildman–Crippen MR) is 75.3 cm³/mol. The molecule has 92 valence electrons. The lowest BCUT2D eigenvalue weighted by Gasteiger charge is -2.04. The first kappa shape index (κ1) is 14.6. The molecular formula is C13H14Br2O2. The monoisotopic (exact) mass is 360 g/mol. The van der Waals surface area contributed by atoms with Crippen LogP contribution in [0.1, 0.15) is 43.0 Å². The van der Waals surface area contributed by atoms with Gasteiger partial charge in [-0.25, -0.2) is 0 Å². The van der Waals surface area contributed by atoms with E-state index in [1.807, 2.05) is 13.0 Å². The molecule has 0 fully saturated rings. The lowest BCUT2D eigenvalue weighted by molar-refractivity contribution is -0.118. The molecule has 0 aliphatic heterocycles. The van der Waals surface area contributed by atoms with Gasteiger partial charge in [0.1, 0.15) is 5.78 Å². The largest absolute Gasteiger partial charge is 0.299 e. The van der Waals surface area contributed by atoms with Crippen molar-refractivity contribution in [3.8, 4) is 0 Å². The minimum absolute atomic E-state index is 0.00491. The first-order valence-electron chi connectivity index (χ1n) is 5.55. The van der Waals surface area contributed by atoms with Gasteiger partial charge in [0.05, 0.1) is 6.42 Å². The molecule has 0 unspecified atom stereocenters. The molecule has 0 saturated heterocycles. The highest BCUT2D eigenvalue weighted by Gasteiger charge is 2.15. The Kier molecular flexibility index (Phi) is 6.06. The number of carbonyl (C=O) groups excluding carboxylic acids is 2. The van der Waals surface area contributed by atoms with Gasteiger partial charge in [0, 0.05) is 20.9 Å². The van der Waals surface area contributed by atoms with E-state index in [1.54, 1.807) is 12.1 Å². The second-order valence-electron chi connectivity index (χ2n) is 3.84. The quantitative estimate of drug-likeness (QED) is 0.550. The van der Waals surface area contributed by atoms with Gasteiger partial charge in [-0.3, -0.25) is 9.59 Å². The maximum atomic E-state index is 11.9. The predicted octanol–water partition coefficient (Wildman–Crippen LogP) is 4.54. The average molecular weight is 362 g/mol. The summed E-state index contributed by atoms with van der Waals surface area (Å²) in [5, 5.41) is 0. The van der Waals surface area contributed by atoms with Crippen molar-refractivity contribution in [2.45, 2.75) is 32.6 Å². The Morgan fingerprint density at radius 3 is 2.59 bits per heavy atom. The normalized spacial score (nSPS) is 10.3. The molecule has 4 heteroatoms. The highest BCUT2D eigenvalue weighted by Crippen LogP contribution is 2.27. The highest BCUT2D eigenvalue weighted by molar-refractivity contribution is 9.13. The van der Waals surface area contributed by atoms with Crippen molar-refractivity contribution < 1.29 is 9.59 Å². The molecule has 0 aliphatic carbocycles. The van der Waals surface area contributed by atoms with E-state index in [9.17, 15) is 9.59 Å². The fourth-order valence-corrected chi connectivity index (χ4v) is 2.31. The van der Waals surface area contributed by atoms with E-state index in [4.69, 9.17) is 0 Å². The Morgan fingerprint density at radius 1 is 1.24 bits per heavy atom. The number of hydrogen-bond acceptors (Lipinski definition) is 2. The lowest BCUT2D eigenvalue weighted by atomic mass is 10.0. The number of Topliss-reactive ketones (excluding diaryl/α,β-unsaturated/α-hetero) is 2. The Labute approximate surface area is 118 Å². The summed E-state index contributed by atoms with van der Waals surface area (Å²) in [5.41, 5.74) is 0.559. The Balaban J connectivity index is 2.70. The first-order chi connectivity index (χ1) is 8.06. The zero-order chi connectivity index (χ0) is 12.8. The number of rotatable bonds is 6. The van der Waals surface area contributed by atoms with Gasteiger partial charge >= 0.3 is 0 Å². The van der Waals surface area contributed by atoms with Gasteiger partial charge in [-0.15, -0.1) is 0 Å². The van der Waals surface area contributed by atoms with Crippen LogP contribution in [-0.4, -0.2) is 11.6 Å². The molecule has 1 rings (SSSR count). The van der Waals surface area contributed by atoms with Crippen LogP contribution < -0.4 is 0 Å². The van der Waals surface area contributed by atoms with Crippen molar-refractivity contribution in [1.82, 2.24) is 0 Å². The van der Waals surface area contributed by atoms with Gasteiger partial charge < -0.3 is 0 Å². The molecule has 0 saturated carbocycles.